The van der Waals surface area contributed by atoms with E-state index in [4.69, 9.17) is 0 Å². The zero-order chi connectivity index (χ0) is 14.8. The van der Waals surface area contributed by atoms with Crippen LogP contribution in [0, 0.1) is 0 Å². The van der Waals surface area contributed by atoms with Crippen LogP contribution in [-0.4, -0.2) is 46.1 Å². The fraction of sp³-hybridized carbons (Fsp3) is 0.267. The van der Waals surface area contributed by atoms with Gasteiger partial charge in [0.1, 0.15) is 0 Å². The summed E-state index contributed by atoms with van der Waals surface area (Å²) in [7, 11) is 1.73. The van der Waals surface area contributed by atoms with Gasteiger partial charge in [0.05, 0.1) is 11.7 Å². The van der Waals surface area contributed by atoms with Gasteiger partial charge >= 0.3 is 0 Å². The molecule has 1 unspecified atom stereocenters. The molecular weight excluding hydrogens is 268 g/mol. The number of likely N-dealkylation sites (N-methyl/N-ethyl adjacent to an activating group) is 1. The van der Waals surface area contributed by atoms with Crippen molar-refractivity contribution in [2.24, 2.45) is 0 Å². The van der Waals surface area contributed by atoms with E-state index in [-0.39, 0.29) is 17.9 Å². The lowest BCUT2D eigenvalue weighted by Gasteiger charge is -2.11. The Hall–Kier alpha value is -2.63. The molecular formula is C15H16N4O2. The number of aromatic nitrogens is 2. The number of hydrogen-bond donors (Lipinski definition) is 1. The molecule has 1 aromatic heterocycles. The summed E-state index contributed by atoms with van der Waals surface area (Å²) in [6.07, 6.45) is 2.10. The van der Waals surface area contributed by atoms with Gasteiger partial charge in [-0.3, -0.25) is 9.59 Å². The van der Waals surface area contributed by atoms with Gasteiger partial charge in [0, 0.05) is 26.2 Å². The van der Waals surface area contributed by atoms with Crippen LogP contribution in [-0.2, 0) is 4.79 Å². The first-order valence-electron chi connectivity index (χ1n) is 6.79. The molecule has 1 fully saturated rings. The monoisotopic (exact) mass is 284 g/mol. The Balaban J connectivity index is 1.69. The van der Waals surface area contributed by atoms with Gasteiger partial charge in [0.2, 0.25) is 5.91 Å². The minimum atomic E-state index is -0.252. The Morgan fingerprint density at radius 2 is 2.05 bits per heavy atom. The van der Waals surface area contributed by atoms with Gasteiger partial charge in [-0.25, -0.2) is 4.68 Å². The van der Waals surface area contributed by atoms with Crippen LogP contribution in [0.2, 0.25) is 0 Å². The summed E-state index contributed by atoms with van der Waals surface area (Å²) < 4.78 is 1.65. The molecule has 0 saturated carbocycles. The number of carbonyl (C=O) groups excluding carboxylic acids is 2. The summed E-state index contributed by atoms with van der Waals surface area (Å²) in [5, 5.41) is 7.11. The normalized spacial score (nSPS) is 18.0. The molecule has 6 heteroatoms. The molecule has 1 aromatic carbocycles. The Morgan fingerprint density at radius 1 is 1.29 bits per heavy atom. The molecule has 0 aliphatic carbocycles. The standard InChI is InChI=1S/C15H16N4O2/c1-18-10-11(9-14(18)20)16-15(21)13-7-8-19(17-13)12-5-3-2-4-6-12/h2-8,11H,9-10H2,1H3,(H,16,21). The second kappa shape index (κ2) is 5.40. The highest BCUT2D eigenvalue weighted by molar-refractivity contribution is 5.93. The zero-order valence-electron chi connectivity index (χ0n) is 11.7. The lowest BCUT2D eigenvalue weighted by Crippen LogP contribution is -2.36. The highest BCUT2D eigenvalue weighted by Crippen LogP contribution is 2.10. The topological polar surface area (TPSA) is 67.2 Å². The summed E-state index contributed by atoms with van der Waals surface area (Å²) in [4.78, 5) is 25.2. The van der Waals surface area contributed by atoms with E-state index in [1.165, 1.54) is 0 Å². The third kappa shape index (κ3) is 2.79. The fourth-order valence-corrected chi connectivity index (χ4v) is 2.39. The lowest BCUT2D eigenvalue weighted by atomic mass is 10.2. The van der Waals surface area contributed by atoms with E-state index in [0.717, 1.165) is 5.69 Å². The van der Waals surface area contributed by atoms with Crippen LogP contribution in [0.5, 0.6) is 0 Å². The van der Waals surface area contributed by atoms with E-state index in [1.54, 1.807) is 28.9 Å². The number of amides is 2. The van der Waals surface area contributed by atoms with Gasteiger partial charge in [-0.05, 0) is 18.2 Å². The van der Waals surface area contributed by atoms with E-state index in [9.17, 15) is 9.59 Å². The Kier molecular flexibility index (Phi) is 3.43. The molecule has 1 aliphatic heterocycles. The number of carbonyl (C=O) groups is 2. The summed E-state index contributed by atoms with van der Waals surface area (Å²) in [5.74, 6) is -0.201. The zero-order valence-corrected chi connectivity index (χ0v) is 11.7. The molecule has 0 radical (unpaired) electrons. The van der Waals surface area contributed by atoms with Crippen molar-refractivity contribution >= 4 is 11.8 Å². The summed E-state index contributed by atoms with van der Waals surface area (Å²) in [5.41, 5.74) is 1.24. The van der Waals surface area contributed by atoms with Crippen LogP contribution in [0.25, 0.3) is 5.69 Å². The van der Waals surface area contributed by atoms with Crippen LogP contribution < -0.4 is 5.32 Å². The first-order valence-corrected chi connectivity index (χ1v) is 6.79. The van der Waals surface area contributed by atoms with Crippen molar-refractivity contribution in [3.63, 3.8) is 0 Å². The lowest BCUT2D eigenvalue weighted by molar-refractivity contribution is -0.126. The number of nitrogens with zero attached hydrogens (tertiary/aromatic N) is 3. The maximum atomic E-state index is 12.1. The van der Waals surface area contributed by atoms with Crippen molar-refractivity contribution in [3.05, 3.63) is 48.3 Å². The minimum absolute atomic E-state index is 0.0510. The van der Waals surface area contributed by atoms with E-state index in [2.05, 4.69) is 10.4 Å². The molecule has 1 N–H and O–H groups in total. The quantitative estimate of drug-likeness (QED) is 0.908. The molecule has 0 bridgehead atoms. The maximum absolute atomic E-state index is 12.1. The van der Waals surface area contributed by atoms with Gasteiger partial charge in [-0.1, -0.05) is 18.2 Å². The van der Waals surface area contributed by atoms with Crippen LogP contribution in [0.15, 0.2) is 42.6 Å². The maximum Gasteiger partial charge on any atom is 0.272 e. The molecule has 0 spiro atoms. The van der Waals surface area contributed by atoms with E-state index in [0.29, 0.717) is 18.7 Å². The number of benzene rings is 1. The van der Waals surface area contributed by atoms with Crippen molar-refractivity contribution in [1.29, 1.82) is 0 Å². The van der Waals surface area contributed by atoms with Crippen LogP contribution in [0.3, 0.4) is 0 Å². The molecule has 21 heavy (non-hydrogen) atoms. The van der Waals surface area contributed by atoms with E-state index < -0.39 is 0 Å². The largest absolute Gasteiger partial charge is 0.346 e. The predicted molar refractivity (Wildman–Crippen MR) is 77.1 cm³/mol. The van der Waals surface area contributed by atoms with Crippen molar-refractivity contribution < 1.29 is 9.59 Å². The van der Waals surface area contributed by atoms with Crippen LogP contribution in [0.1, 0.15) is 16.9 Å². The number of nitrogens with one attached hydrogen (secondary N) is 1. The van der Waals surface area contributed by atoms with E-state index >= 15 is 0 Å². The molecule has 108 valence electrons. The number of para-hydroxylation sites is 1. The molecule has 1 atom stereocenters. The molecule has 2 heterocycles. The van der Waals surface area contributed by atoms with Crippen LogP contribution in [0.4, 0.5) is 0 Å². The minimum Gasteiger partial charge on any atom is -0.346 e. The first kappa shape index (κ1) is 13.4. The smallest absolute Gasteiger partial charge is 0.272 e. The fourth-order valence-electron chi connectivity index (χ4n) is 2.39. The second-order valence-corrected chi connectivity index (χ2v) is 5.13. The summed E-state index contributed by atoms with van der Waals surface area (Å²) in [6, 6.07) is 11.1. The Morgan fingerprint density at radius 3 is 2.71 bits per heavy atom. The average molecular weight is 284 g/mol. The number of likely N-dealkylation sites (tertiary alicyclic amines) is 1. The predicted octanol–water partition coefficient (Wildman–Crippen LogP) is 0.833. The average Bonchev–Trinajstić information content (AvgIpc) is 3.08. The van der Waals surface area contributed by atoms with Gasteiger partial charge in [0.15, 0.2) is 5.69 Å². The number of rotatable bonds is 3. The van der Waals surface area contributed by atoms with Crippen molar-refractivity contribution in [2.45, 2.75) is 12.5 Å². The molecule has 1 saturated heterocycles. The molecule has 2 aromatic rings. The summed E-state index contributed by atoms with van der Waals surface area (Å²) in [6.45, 7) is 0.546. The highest BCUT2D eigenvalue weighted by atomic mass is 16.2. The molecule has 1 aliphatic rings. The molecule has 3 rings (SSSR count). The van der Waals surface area contributed by atoms with E-state index in [1.807, 2.05) is 30.3 Å². The Labute approximate surface area is 122 Å². The van der Waals surface area contributed by atoms with Gasteiger partial charge < -0.3 is 10.2 Å². The third-order valence-corrected chi connectivity index (χ3v) is 3.52. The van der Waals surface area contributed by atoms with Gasteiger partial charge in [-0.2, -0.15) is 5.10 Å². The van der Waals surface area contributed by atoms with Gasteiger partial charge in [-0.15, -0.1) is 0 Å². The third-order valence-electron chi connectivity index (χ3n) is 3.52. The van der Waals surface area contributed by atoms with Crippen molar-refractivity contribution in [3.8, 4) is 5.69 Å². The first-order chi connectivity index (χ1) is 10.1. The van der Waals surface area contributed by atoms with Gasteiger partial charge in [0.25, 0.3) is 5.91 Å². The van der Waals surface area contributed by atoms with Crippen LogP contribution >= 0.6 is 0 Å². The molecule has 6 nitrogen and oxygen atoms in total. The SMILES string of the molecule is CN1CC(NC(=O)c2ccn(-c3ccccc3)n2)CC1=O. The molecule has 2 amide bonds. The second-order valence-electron chi connectivity index (χ2n) is 5.13. The van der Waals surface area contributed by atoms with Crippen molar-refractivity contribution in [2.75, 3.05) is 13.6 Å². The highest BCUT2D eigenvalue weighted by Gasteiger charge is 2.28. The summed E-state index contributed by atoms with van der Waals surface area (Å²) >= 11 is 0. The number of hydrogen-bond acceptors (Lipinski definition) is 3. The van der Waals surface area contributed by atoms with Crippen molar-refractivity contribution in [1.82, 2.24) is 20.0 Å². The Bertz CT molecular complexity index is 665.